The van der Waals surface area contributed by atoms with Gasteiger partial charge in [-0.1, -0.05) is 42.5 Å². The zero-order valence-corrected chi connectivity index (χ0v) is 13.9. The predicted octanol–water partition coefficient (Wildman–Crippen LogP) is 3.43. The SMILES string of the molecule is CC(=O)N1C(C(=O)Nc2ccccc2F)CSC1c1ccccc1. The average molecular weight is 344 g/mol. The number of amides is 2. The van der Waals surface area contributed by atoms with Gasteiger partial charge in [0.15, 0.2) is 0 Å². The van der Waals surface area contributed by atoms with Crippen molar-refractivity contribution in [1.29, 1.82) is 0 Å². The molecule has 1 fully saturated rings. The summed E-state index contributed by atoms with van der Waals surface area (Å²) in [5.41, 5.74) is 1.10. The average Bonchev–Trinajstić information content (AvgIpc) is 3.03. The van der Waals surface area contributed by atoms with E-state index in [0.717, 1.165) is 5.56 Å². The molecule has 2 unspecified atom stereocenters. The van der Waals surface area contributed by atoms with Gasteiger partial charge < -0.3 is 10.2 Å². The van der Waals surface area contributed by atoms with Crippen LogP contribution in [-0.2, 0) is 9.59 Å². The number of nitrogens with zero attached hydrogens (tertiary/aromatic N) is 1. The molecule has 2 aromatic carbocycles. The molecule has 0 spiro atoms. The highest BCUT2D eigenvalue weighted by atomic mass is 32.2. The Morgan fingerprint density at radius 1 is 1.12 bits per heavy atom. The molecule has 0 radical (unpaired) electrons. The van der Waals surface area contributed by atoms with E-state index in [4.69, 9.17) is 0 Å². The molecule has 124 valence electrons. The van der Waals surface area contributed by atoms with Crippen LogP contribution < -0.4 is 5.32 Å². The fraction of sp³-hybridized carbons (Fsp3) is 0.222. The number of anilines is 1. The highest BCUT2D eigenvalue weighted by molar-refractivity contribution is 7.99. The van der Waals surface area contributed by atoms with Gasteiger partial charge in [0.05, 0.1) is 5.69 Å². The Labute approximate surface area is 144 Å². The molecule has 4 nitrogen and oxygen atoms in total. The first-order chi connectivity index (χ1) is 11.6. The van der Waals surface area contributed by atoms with Crippen molar-refractivity contribution in [2.24, 2.45) is 0 Å². The van der Waals surface area contributed by atoms with E-state index in [0.29, 0.717) is 5.75 Å². The first-order valence-corrected chi connectivity index (χ1v) is 8.63. The fourth-order valence-electron chi connectivity index (χ4n) is 2.75. The minimum Gasteiger partial charge on any atom is -0.322 e. The maximum Gasteiger partial charge on any atom is 0.248 e. The number of hydrogen-bond donors (Lipinski definition) is 1. The van der Waals surface area contributed by atoms with Gasteiger partial charge in [-0.15, -0.1) is 11.8 Å². The van der Waals surface area contributed by atoms with E-state index < -0.39 is 11.9 Å². The zero-order chi connectivity index (χ0) is 17.1. The van der Waals surface area contributed by atoms with Crippen LogP contribution in [0.1, 0.15) is 17.9 Å². The summed E-state index contributed by atoms with van der Waals surface area (Å²) in [7, 11) is 0. The summed E-state index contributed by atoms with van der Waals surface area (Å²) in [4.78, 5) is 26.3. The Kier molecular flexibility index (Phi) is 4.85. The second-order valence-corrected chi connectivity index (χ2v) is 6.62. The van der Waals surface area contributed by atoms with Gasteiger partial charge in [0.25, 0.3) is 0 Å². The van der Waals surface area contributed by atoms with E-state index in [1.807, 2.05) is 30.3 Å². The van der Waals surface area contributed by atoms with Crippen molar-refractivity contribution in [1.82, 2.24) is 4.90 Å². The normalized spacial score (nSPS) is 20.0. The number of thioether (sulfide) groups is 1. The monoisotopic (exact) mass is 344 g/mol. The van der Waals surface area contributed by atoms with E-state index in [1.165, 1.54) is 30.8 Å². The Bertz CT molecular complexity index is 754. The molecule has 2 atom stereocenters. The predicted molar refractivity (Wildman–Crippen MR) is 93.0 cm³/mol. The van der Waals surface area contributed by atoms with E-state index in [1.54, 1.807) is 17.0 Å². The lowest BCUT2D eigenvalue weighted by molar-refractivity contribution is -0.136. The lowest BCUT2D eigenvalue weighted by Gasteiger charge is -2.27. The lowest BCUT2D eigenvalue weighted by Crippen LogP contribution is -2.44. The number of nitrogens with one attached hydrogen (secondary N) is 1. The molecule has 24 heavy (non-hydrogen) atoms. The van der Waals surface area contributed by atoms with Crippen molar-refractivity contribution < 1.29 is 14.0 Å². The summed E-state index contributed by atoms with van der Waals surface area (Å²) in [6.45, 7) is 1.45. The van der Waals surface area contributed by atoms with Crippen LogP contribution in [0.4, 0.5) is 10.1 Å². The molecule has 0 bridgehead atoms. The van der Waals surface area contributed by atoms with Crippen LogP contribution in [-0.4, -0.2) is 28.5 Å². The Hall–Kier alpha value is -2.34. The summed E-state index contributed by atoms with van der Waals surface area (Å²) in [5.74, 6) is -0.575. The van der Waals surface area contributed by atoms with Crippen LogP contribution in [0.2, 0.25) is 0 Å². The second kappa shape index (κ2) is 7.05. The van der Waals surface area contributed by atoms with Crippen LogP contribution in [0, 0.1) is 5.82 Å². The van der Waals surface area contributed by atoms with E-state index in [9.17, 15) is 14.0 Å². The standard InChI is InChI=1S/C18H17FN2O2S/c1-12(22)21-16(11-24-18(21)13-7-3-2-4-8-13)17(23)20-15-10-6-5-9-14(15)19/h2-10,16,18H,11H2,1H3,(H,20,23). The molecule has 0 aliphatic carbocycles. The summed E-state index contributed by atoms with van der Waals surface area (Å²) in [6.07, 6.45) is 0. The van der Waals surface area contributed by atoms with Gasteiger partial charge in [-0.3, -0.25) is 9.59 Å². The van der Waals surface area contributed by atoms with Crippen LogP contribution in [0.5, 0.6) is 0 Å². The highest BCUT2D eigenvalue weighted by Crippen LogP contribution is 2.41. The third kappa shape index (κ3) is 3.28. The van der Waals surface area contributed by atoms with Gasteiger partial charge >= 0.3 is 0 Å². The van der Waals surface area contributed by atoms with Crippen molar-refractivity contribution >= 4 is 29.3 Å². The summed E-state index contributed by atoms with van der Waals surface area (Å²) < 4.78 is 13.7. The van der Waals surface area contributed by atoms with Crippen molar-refractivity contribution in [3.63, 3.8) is 0 Å². The van der Waals surface area contributed by atoms with Crippen LogP contribution in [0.25, 0.3) is 0 Å². The van der Waals surface area contributed by atoms with Crippen LogP contribution in [0.3, 0.4) is 0 Å². The van der Waals surface area contributed by atoms with Gasteiger partial charge in [-0.05, 0) is 17.7 Å². The number of hydrogen-bond acceptors (Lipinski definition) is 3. The number of para-hydroxylation sites is 1. The van der Waals surface area contributed by atoms with E-state index in [2.05, 4.69) is 5.32 Å². The second-order valence-electron chi connectivity index (χ2n) is 5.51. The van der Waals surface area contributed by atoms with Crippen LogP contribution >= 0.6 is 11.8 Å². The van der Waals surface area contributed by atoms with Crippen molar-refractivity contribution in [2.75, 3.05) is 11.1 Å². The Morgan fingerprint density at radius 2 is 1.79 bits per heavy atom. The molecule has 1 saturated heterocycles. The smallest absolute Gasteiger partial charge is 0.248 e. The topological polar surface area (TPSA) is 49.4 Å². The van der Waals surface area contributed by atoms with Gasteiger partial charge in [-0.2, -0.15) is 0 Å². The maximum absolute atomic E-state index is 13.7. The fourth-order valence-corrected chi connectivity index (χ4v) is 4.23. The van der Waals surface area contributed by atoms with Crippen molar-refractivity contribution in [3.05, 3.63) is 66.0 Å². The van der Waals surface area contributed by atoms with E-state index in [-0.39, 0.29) is 22.9 Å². The summed E-state index contributed by atoms with van der Waals surface area (Å²) in [5, 5.41) is 2.38. The molecule has 1 aliphatic rings. The minimum atomic E-state index is -0.627. The third-order valence-electron chi connectivity index (χ3n) is 3.88. The van der Waals surface area contributed by atoms with Crippen molar-refractivity contribution in [3.8, 4) is 0 Å². The summed E-state index contributed by atoms with van der Waals surface area (Å²) >= 11 is 1.53. The maximum atomic E-state index is 13.7. The molecule has 0 saturated carbocycles. The van der Waals surface area contributed by atoms with E-state index >= 15 is 0 Å². The Morgan fingerprint density at radius 3 is 2.46 bits per heavy atom. The molecular formula is C18H17FN2O2S. The van der Waals surface area contributed by atoms with Crippen LogP contribution in [0.15, 0.2) is 54.6 Å². The summed E-state index contributed by atoms with van der Waals surface area (Å²) in [6, 6.07) is 15.0. The number of carbonyl (C=O) groups is 2. The van der Waals surface area contributed by atoms with Gasteiger partial charge in [0.1, 0.15) is 17.2 Å². The van der Waals surface area contributed by atoms with Gasteiger partial charge in [0.2, 0.25) is 11.8 Å². The molecule has 1 aliphatic heterocycles. The Balaban J connectivity index is 1.81. The molecule has 1 N–H and O–H groups in total. The van der Waals surface area contributed by atoms with Gasteiger partial charge in [-0.25, -0.2) is 4.39 Å². The molecule has 3 rings (SSSR count). The first-order valence-electron chi connectivity index (χ1n) is 7.59. The van der Waals surface area contributed by atoms with Gasteiger partial charge in [0, 0.05) is 12.7 Å². The molecule has 2 amide bonds. The first kappa shape index (κ1) is 16.5. The molecular weight excluding hydrogens is 327 g/mol. The van der Waals surface area contributed by atoms with Crippen molar-refractivity contribution in [2.45, 2.75) is 18.3 Å². The molecule has 6 heteroatoms. The lowest BCUT2D eigenvalue weighted by atomic mass is 10.1. The molecule has 1 heterocycles. The third-order valence-corrected chi connectivity index (χ3v) is 5.21. The quantitative estimate of drug-likeness (QED) is 0.928. The largest absolute Gasteiger partial charge is 0.322 e. The number of rotatable bonds is 3. The number of carbonyl (C=O) groups excluding carboxylic acids is 2. The molecule has 2 aromatic rings. The number of benzene rings is 2. The highest BCUT2D eigenvalue weighted by Gasteiger charge is 2.40. The minimum absolute atomic E-state index is 0.124. The molecule has 0 aromatic heterocycles. The zero-order valence-electron chi connectivity index (χ0n) is 13.1. The number of halogens is 1.